The maximum atomic E-state index is 12.2. The fourth-order valence-corrected chi connectivity index (χ4v) is 2.71. The lowest BCUT2D eigenvalue weighted by Gasteiger charge is -2.08. The Bertz CT molecular complexity index is 898. The third-order valence-electron chi connectivity index (χ3n) is 3.76. The van der Waals surface area contributed by atoms with E-state index in [-0.39, 0.29) is 5.91 Å². The standard InChI is InChI=1S/C17H19ClN6O2/c1-26-9-7-19-15-13-10-23-24(16(13)22-11-21-15)8-6-20-17(25)12-4-2-3-5-14(12)18/h2-5,10-11H,6-9H2,1H3,(H,20,25)(H,19,21,22). The number of halogens is 1. The van der Waals surface area contributed by atoms with Crippen LogP contribution >= 0.6 is 11.6 Å². The van der Waals surface area contributed by atoms with E-state index in [1.54, 1.807) is 42.3 Å². The first-order valence-electron chi connectivity index (χ1n) is 8.12. The molecule has 0 unspecified atom stereocenters. The van der Waals surface area contributed by atoms with Gasteiger partial charge in [0, 0.05) is 20.2 Å². The molecule has 2 aromatic heterocycles. The minimum Gasteiger partial charge on any atom is -0.383 e. The number of methoxy groups -OCH3 is 1. The molecule has 0 spiro atoms. The van der Waals surface area contributed by atoms with Gasteiger partial charge in [-0.05, 0) is 12.1 Å². The highest BCUT2D eigenvalue weighted by molar-refractivity contribution is 6.33. The molecule has 0 saturated carbocycles. The molecule has 8 nitrogen and oxygen atoms in total. The number of fused-ring (bicyclic) bond motifs is 1. The highest BCUT2D eigenvalue weighted by Crippen LogP contribution is 2.18. The van der Waals surface area contributed by atoms with E-state index in [0.717, 1.165) is 5.39 Å². The Hall–Kier alpha value is -2.71. The van der Waals surface area contributed by atoms with Crippen molar-refractivity contribution in [2.45, 2.75) is 6.54 Å². The van der Waals surface area contributed by atoms with Crippen molar-refractivity contribution in [2.24, 2.45) is 0 Å². The van der Waals surface area contributed by atoms with Crippen molar-refractivity contribution in [1.29, 1.82) is 0 Å². The molecule has 0 atom stereocenters. The number of anilines is 1. The van der Waals surface area contributed by atoms with Gasteiger partial charge < -0.3 is 15.4 Å². The van der Waals surface area contributed by atoms with Gasteiger partial charge >= 0.3 is 0 Å². The van der Waals surface area contributed by atoms with Crippen molar-refractivity contribution < 1.29 is 9.53 Å². The molecular formula is C17H19ClN6O2. The van der Waals surface area contributed by atoms with Crippen LogP contribution in [0.5, 0.6) is 0 Å². The second-order valence-electron chi connectivity index (χ2n) is 5.48. The fourth-order valence-electron chi connectivity index (χ4n) is 2.48. The molecule has 0 aliphatic carbocycles. The average molecular weight is 375 g/mol. The lowest BCUT2D eigenvalue weighted by Crippen LogP contribution is -2.27. The first kappa shape index (κ1) is 18.1. The molecule has 26 heavy (non-hydrogen) atoms. The molecule has 2 N–H and O–H groups in total. The summed E-state index contributed by atoms with van der Waals surface area (Å²) in [4.78, 5) is 20.7. The summed E-state index contributed by atoms with van der Waals surface area (Å²) in [7, 11) is 1.65. The van der Waals surface area contributed by atoms with Crippen LogP contribution < -0.4 is 10.6 Å². The average Bonchev–Trinajstić information content (AvgIpc) is 3.06. The highest BCUT2D eigenvalue weighted by atomic mass is 35.5. The van der Waals surface area contributed by atoms with E-state index >= 15 is 0 Å². The molecule has 0 fully saturated rings. The van der Waals surface area contributed by atoms with Gasteiger partial charge in [0.2, 0.25) is 0 Å². The zero-order valence-electron chi connectivity index (χ0n) is 14.3. The Morgan fingerprint density at radius 3 is 2.92 bits per heavy atom. The minimum atomic E-state index is -0.219. The van der Waals surface area contributed by atoms with Crippen LogP contribution in [0.2, 0.25) is 5.02 Å². The van der Waals surface area contributed by atoms with Crippen LogP contribution in [0.1, 0.15) is 10.4 Å². The van der Waals surface area contributed by atoms with E-state index in [9.17, 15) is 4.79 Å². The van der Waals surface area contributed by atoms with Gasteiger partial charge in [0.05, 0.1) is 35.3 Å². The van der Waals surface area contributed by atoms with Gasteiger partial charge in [-0.3, -0.25) is 4.79 Å². The quantitative estimate of drug-likeness (QED) is 0.585. The smallest absolute Gasteiger partial charge is 0.252 e. The molecule has 0 bridgehead atoms. The number of nitrogens with zero attached hydrogens (tertiary/aromatic N) is 4. The summed E-state index contributed by atoms with van der Waals surface area (Å²) in [5.74, 6) is 0.488. The predicted molar refractivity (Wildman–Crippen MR) is 99.5 cm³/mol. The van der Waals surface area contributed by atoms with Crippen molar-refractivity contribution in [2.75, 3.05) is 32.1 Å². The summed E-state index contributed by atoms with van der Waals surface area (Å²) in [6.07, 6.45) is 3.19. The topological polar surface area (TPSA) is 94.0 Å². The van der Waals surface area contributed by atoms with Gasteiger partial charge in [0.1, 0.15) is 12.1 Å². The third-order valence-corrected chi connectivity index (χ3v) is 4.09. The molecule has 0 radical (unpaired) electrons. The number of hydrogen-bond acceptors (Lipinski definition) is 6. The maximum absolute atomic E-state index is 12.2. The molecular weight excluding hydrogens is 356 g/mol. The predicted octanol–water partition coefficient (Wildman–Crippen LogP) is 1.97. The fraction of sp³-hybridized carbons (Fsp3) is 0.294. The number of aromatic nitrogens is 4. The van der Waals surface area contributed by atoms with Crippen LogP contribution in [0.3, 0.4) is 0 Å². The first-order valence-corrected chi connectivity index (χ1v) is 8.50. The van der Waals surface area contributed by atoms with E-state index < -0.39 is 0 Å². The number of ether oxygens (including phenoxy) is 1. The maximum Gasteiger partial charge on any atom is 0.252 e. The molecule has 2 heterocycles. The van der Waals surface area contributed by atoms with Crippen molar-refractivity contribution in [3.05, 3.63) is 47.4 Å². The molecule has 9 heteroatoms. The largest absolute Gasteiger partial charge is 0.383 e. The number of amides is 1. The number of carbonyl (C=O) groups excluding carboxylic acids is 1. The van der Waals surface area contributed by atoms with Gasteiger partial charge in [-0.2, -0.15) is 5.10 Å². The SMILES string of the molecule is COCCNc1ncnc2c1cnn2CCNC(=O)c1ccccc1Cl. The zero-order valence-corrected chi connectivity index (χ0v) is 15.0. The zero-order chi connectivity index (χ0) is 18.4. The van der Waals surface area contributed by atoms with Crippen LogP contribution in [-0.4, -0.2) is 52.5 Å². The molecule has 1 amide bonds. The Balaban J connectivity index is 1.63. The molecule has 3 rings (SSSR count). The molecule has 0 aliphatic heterocycles. The molecule has 0 aliphatic rings. The summed E-state index contributed by atoms with van der Waals surface area (Å²) in [5, 5.41) is 11.6. The molecule has 3 aromatic rings. The van der Waals surface area contributed by atoms with E-state index in [4.69, 9.17) is 16.3 Å². The normalized spacial score (nSPS) is 10.8. The van der Waals surface area contributed by atoms with E-state index in [0.29, 0.717) is 48.3 Å². The lowest BCUT2D eigenvalue weighted by atomic mass is 10.2. The summed E-state index contributed by atoms with van der Waals surface area (Å²) < 4.78 is 6.75. The van der Waals surface area contributed by atoms with Crippen molar-refractivity contribution in [3.63, 3.8) is 0 Å². The summed E-state index contributed by atoms with van der Waals surface area (Å²) in [6, 6.07) is 6.93. The van der Waals surface area contributed by atoms with E-state index in [2.05, 4.69) is 25.7 Å². The van der Waals surface area contributed by atoms with Crippen LogP contribution in [-0.2, 0) is 11.3 Å². The van der Waals surface area contributed by atoms with Crippen LogP contribution in [0.15, 0.2) is 36.8 Å². The number of carbonyl (C=O) groups is 1. The van der Waals surface area contributed by atoms with Crippen LogP contribution in [0.25, 0.3) is 11.0 Å². The minimum absolute atomic E-state index is 0.219. The van der Waals surface area contributed by atoms with Gasteiger partial charge in [-0.1, -0.05) is 23.7 Å². The first-order chi connectivity index (χ1) is 12.7. The van der Waals surface area contributed by atoms with Gasteiger partial charge in [0.25, 0.3) is 5.91 Å². The number of benzene rings is 1. The van der Waals surface area contributed by atoms with Crippen LogP contribution in [0.4, 0.5) is 5.82 Å². The third kappa shape index (κ3) is 4.09. The molecule has 136 valence electrons. The van der Waals surface area contributed by atoms with Crippen molar-refractivity contribution in [1.82, 2.24) is 25.1 Å². The molecule has 1 aromatic carbocycles. The summed E-state index contributed by atoms with van der Waals surface area (Å²) >= 11 is 6.03. The van der Waals surface area contributed by atoms with Gasteiger partial charge in [-0.15, -0.1) is 0 Å². The Morgan fingerprint density at radius 2 is 2.12 bits per heavy atom. The number of hydrogen-bond donors (Lipinski definition) is 2. The lowest BCUT2D eigenvalue weighted by molar-refractivity contribution is 0.0952. The van der Waals surface area contributed by atoms with E-state index in [1.165, 1.54) is 6.33 Å². The van der Waals surface area contributed by atoms with E-state index in [1.807, 2.05) is 0 Å². The second-order valence-corrected chi connectivity index (χ2v) is 5.89. The summed E-state index contributed by atoms with van der Waals surface area (Å²) in [5.41, 5.74) is 1.15. The van der Waals surface area contributed by atoms with Crippen molar-refractivity contribution >= 4 is 34.4 Å². The Labute approximate surface area is 155 Å². The molecule has 0 saturated heterocycles. The van der Waals surface area contributed by atoms with Gasteiger partial charge in [0.15, 0.2) is 5.65 Å². The van der Waals surface area contributed by atoms with Crippen LogP contribution in [0, 0.1) is 0 Å². The number of rotatable bonds is 8. The second kappa shape index (κ2) is 8.59. The Kier molecular flexibility index (Phi) is 5.98. The van der Waals surface area contributed by atoms with Crippen molar-refractivity contribution in [3.8, 4) is 0 Å². The summed E-state index contributed by atoms with van der Waals surface area (Å²) in [6.45, 7) is 2.10. The Morgan fingerprint density at radius 1 is 1.27 bits per heavy atom. The monoisotopic (exact) mass is 374 g/mol. The van der Waals surface area contributed by atoms with Gasteiger partial charge in [-0.25, -0.2) is 14.6 Å². The number of nitrogens with one attached hydrogen (secondary N) is 2. The highest BCUT2D eigenvalue weighted by Gasteiger charge is 2.11.